The monoisotopic (exact) mass is 386 g/mol. The van der Waals surface area contributed by atoms with Crippen LogP contribution in [0.1, 0.15) is 43.8 Å². The Bertz CT molecular complexity index is 666. The van der Waals surface area contributed by atoms with Gasteiger partial charge in [0.05, 0.1) is 6.61 Å². The smallest absolute Gasteiger partial charge is 0.124 e. The summed E-state index contributed by atoms with van der Waals surface area (Å²) in [7, 11) is 0. The van der Waals surface area contributed by atoms with Gasteiger partial charge in [-0.1, -0.05) is 30.2 Å². The van der Waals surface area contributed by atoms with Crippen molar-refractivity contribution in [3.63, 3.8) is 0 Å². The van der Waals surface area contributed by atoms with Crippen LogP contribution in [0.2, 0.25) is 5.02 Å². The molecule has 4 heteroatoms. The largest absolute Gasteiger partial charge is 0.494 e. The van der Waals surface area contributed by atoms with Gasteiger partial charge in [-0.05, 0) is 87.7 Å². The minimum Gasteiger partial charge on any atom is -0.494 e. The number of hydrogen-bond acceptors (Lipinski definition) is 3. The van der Waals surface area contributed by atoms with E-state index >= 15 is 0 Å². The first-order chi connectivity index (χ1) is 13.2. The summed E-state index contributed by atoms with van der Waals surface area (Å²) in [6.07, 6.45) is 5.71. The van der Waals surface area contributed by atoms with Crippen LogP contribution in [0.4, 0.5) is 0 Å². The van der Waals surface area contributed by atoms with Crippen LogP contribution in [-0.4, -0.2) is 31.1 Å². The van der Waals surface area contributed by atoms with Gasteiger partial charge in [0.2, 0.25) is 0 Å². The predicted octanol–water partition coefficient (Wildman–Crippen LogP) is 5.94. The molecule has 0 aromatic heterocycles. The lowest BCUT2D eigenvalue weighted by Crippen LogP contribution is -2.31. The van der Waals surface area contributed by atoms with Crippen molar-refractivity contribution in [2.24, 2.45) is 0 Å². The van der Waals surface area contributed by atoms with E-state index in [-0.39, 0.29) is 6.10 Å². The van der Waals surface area contributed by atoms with Crippen LogP contribution in [0.15, 0.2) is 48.5 Å². The van der Waals surface area contributed by atoms with Crippen molar-refractivity contribution >= 4 is 11.6 Å². The molecule has 0 saturated carbocycles. The zero-order chi connectivity index (χ0) is 18.9. The molecule has 1 atom stereocenters. The van der Waals surface area contributed by atoms with Crippen LogP contribution < -0.4 is 9.47 Å². The Morgan fingerprint density at radius 2 is 1.59 bits per heavy atom. The first-order valence-electron chi connectivity index (χ1n) is 9.91. The highest BCUT2D eigenvalue weighted by atomic mass is 35.5. The molecule has 0 aliphatic carbocycles. The summed E-state index contributed by atoms with van der Waals surface area (Å²) in [5, 5.41) is 0.704. The highest BCUT2D eigenvalue weighted by Crippen LogP contribution is 2.27. The first-order valence-corrected chi connectivity index (χ1v) is 10.3. The number of hydrogen-bond donors (Lipinski definition) is 0. The Balaban J connectivity index is 1.45. The third-order valence-corrected chi connectivity index (χ3v) is 5.19. The Labute approximate surface area is 168 Å². The number of rotatable bonds is 9. The van der Waals surface area contributed by atoms with E-state index in [0.717, 1.165) is 36.6 Å². The maximum absolute atomic E-state index is 6.04. The Morgan fingerprint density at radius 1 is 0.926 bits per heavy atom. The standard InChI is InChI=1S/C23H29ClNO2/c1-2-23(27-22-13-9-20(24)10-14-22)19-7-11-21(12-8-19)26-18-6-17-25-15-4-3-5-16-25/h7-14,23H,1-6,15-18H2. The summed E-state index contributed by atoms with van der Waals surface area (Å²) < 4.78 is 11.9. The number of ether oxygens (including phenoxy) is 2. The van der Waals surface area contributed by atoms with Crippen molar-refractivity contribution in [2.45, 2.75) is 38.2 Å². The van der Waals surface area contributed by atoms with Gasteiger partial charge in [0.25, 0.3) is 0 Å². The van der Waals surface area contributed by atoms with E-state index in [1.807, 2.05) is 36.4 Å². The molecule has 1 aliphatic rings. The van der Waals surface area contributed by atoms with Crippen molar-refractivity contribution < 1.29 is 9.47 Å². The summed E-state index contributed by atoms with van der Waals surface area (Å²) in [5.74, 6) is 1.71. The van der Waals surface area contributed by atoms with Crippen molar-refractivity contribution in [1.29, 1.82) is 0 Å². The minimum absolute atomic E-state index is 0.0840. The molecule has 27 heavy (non-hydrogen) atoms. The maximum atomic E-state index is 6.04. The molecule has 1 aliphatic heterocycles. The molecule has 0 bridgehead atoms. The fourth-order valence-electron chi connectivity index (χ4n) is 3.41. The quantitative estimate of drug-likeness (QED) is 0.498. The molecule has 0 spiro atoms. The third-order valence-electron chi connectivity index (χ3n) is 4.94. The molecular formula is C23H29ClNO2. The molecule has 1 saturated heterocycles. The lowest BCUT2D eigenvalue weighted by Gasteiger charge is -2.26. The highest BCUT2D eigenvalue weighted by molar-refractivity contribution is 6.30. The van der Waals surface area contributed by atoms with Crippen LogP contribution in [0, 0.1) is 6.92 Å². The number of halogens is 1. The molecule has 3 nitrogen and oxygen atoms in total. The molecule has 0 amide bonds. The van der Waals surface area contributed by atoms with Crippen LogP contribution >= 0.6 is 11.6 Å². The fourth-order valence-corrected chi connectivity index (χ4v) is 3.54. The Morgan fingerprint density at radius 3 is 2.26 bits per heavy atom. The number of benzene rings is 2. The average Bonchev–Trinajstić information content (AvgIpc) is 2.72. The van der Waals surface area contributed by atoms with E-state index in [9.17, 15) is 0 Å². The van der Waals surface area contributed by atoms with E-state index in [1.54, 1.807) is 0 Å². The van der Waals surface area contributed by atoms with Crippen molar-refractivity contribution in [1.82, 2.24) is 4.90 Å². The summed E-state index contributed by atoms with van der Waals surface area (Å²) in [5.41, 5.74) is 1.10. The minimum atomic E-state index is -0.0840. The third kappa shape index (κ3) is 6.44. The van der Waals surface area contributed by atoms with Crippen LogP contribution in [0.3, 0.4) is 0 Å². The molecular weight excluding hydrogens is 358 g/mol. The summed E-state index contributed by atoms with van der Waals surface area (Å²) in [6.45, 7) is 8.40. The molecule has 1 radical (unpaired) electrons. The number of piperidine rings is 1. The average molecular weight is 387 g/mol. The second-order valence-corrected chi connectivity index (χ2v) is 7.46. The topological polar surface area (TPSA) is 21.7 Å². The van der Waals surface area contributed by atoms with Crippen LogP contribution in [-0.2, 0) is 0 Å². The number of likely N-dealkylation sites (tertiary alicyclic amines) is 1. The second-order valence-electron chi connectivity index (χ2n) is 7.02. The van der Waals surface area contributed by atoms with E-state index in [2.05, 4.69) is 24.0 Å². The normalized spacial score (nSPS) is 16.1. The molecule has 145 valence electrons. The zero-order valence-corrected chi connectivity index (χ0v) is 16.7. The van der Waals surface area contributed by atoms with Crippen molar-refractivity contribution in [3.8, 4) is 11.5 Å². The molecule has 1 unspecified atom stereocenters. The zero-order valence-electron chi connectivity index (χ0n) is 15.9. The van der Waals surface area contributed by atoms with Gasteiger partial charge in [-0.15, -0.1) is 0 Å². The van der Waals surface area contributed by atoms with Gasteiger partial charge in [-0.25, -0.2) is 0 Å². The number of nitrogens with zero attached hydrogens (tertiary/aromatic N) is 1. The van der Waals surface area contributed by atoms with E-state index < -0.39 is 0 Å². The summed E-state index contributed by atoms with van der Waals surface area (Å²) >= 11 is 5.93. The fraction of sp³-hybridized carbons (Fsp3) is 0.435. The van der Waals surface area contributed by atoms with Crippen LogP contribution in [0.5, 0.6) is 11.5 Å². The maximum Gasteiger partial charge on any atom is 0.124 e. The van der Waals surface area contributed by atoms with Gasteiger partial charge in [-0.2, -0.15) is 0 Å². The lowest BCUT2D eigenvalue weighted by molar-refractivity contribution is 0.204. The van der Waals surface area contributed by atoms with Gasteiger partial charge in [0, 0.05) is 11.6 Å². The molecule has 2 aromatic carbocycles. The van der Waals surface area contributed by atoms with Crippen LogP contribution in [0.25, 0.3) is 0 Å². The molecule has 0 N–H and O–H groups in total. The molecule has 1 heterocycles. The van der Waals surface area contributed by atoms with E-state index in [4.69, 9.17) is 21.1 Å². The van der Waals surface area contributed by atoms with E-state index in [0.29, 0.717) is 11.4 Å². The van der Waals surface area contributed by atoms with Crippen molar-refractivity contribution in [3.05, 3.63) is 66.0 Å². The highest BCUT2D eigenvalue weighted by Gasteiger charge is 2.12. The Kier molecular flexibility index (Phi) is 7.85. The van der Waals surface area contributed by atoms with Crippen molar-refractivity contribution in [2.75, 3.05) is 26.2 Å². The SMILES string of the molecule is [CH2]CC(Oc1ccc(Cl)cc1)c1ccc(OCCCN2CCCCC2)cc1. The van der Waals surface area contributed by atoms with Gasteiger partial charge in [0.15, 0.2) is 0 Å². The second kappa shape index (κ2) is 10.6. The molecule has 2 aromatic rings. The first kappa shape index (κ1) is 20.0. The Hall–Kier alpha value is -1.71. The summed E-state index contributed by atoms with van der Waals surface area (Å²) in [4.78, 5) is 2.54. The van der Waals surface area contributed by atoms with Gasteiger partial charge in [-0.3, -0.25) is 0 Å². The molecule has 3 rings (SSSR count). The lowest BCUT2D eigenvalue weighted by atomic mass is 10.1. The van der Waals surface area contributed by atoms with Gasteiger partial charge < -0.3 is 14.4 Å². The molecule has 1 fully saturated rings. The van der Waals surface area contributed by atoms with E-state index in [1.165, 1.54) is 32.4 Å². The van der Waals surface area contributed by atoms with Gasteiger partial charge >= 0.3 is 0 Å². The van der Waals surface area contributed by atoms with Gasteiger partial charge in [0.1, 0.15) is 17.6 Å². The predicted molar refractivity (Wildman–Crippen MR) is 112 cm³/mol. The summed E-state index contributed by atoms with van der Waals surface area (Å²) in [6, 6.07) is 15.6.